The van der Waals surface area contributed by atoms with E-state index in [1.807, 2.05) is 42.5 Å². The van der Waals surface area contributed by atoms with Gasteiger partial charge in [0.15, 0.2) is 5.78 Å². The fourth-order valence-corrected chi connectivity index (χ4v) is 4.54. The molecule has 0 radical (unpaired) electrons. The van der Waals surface area contributed by atoms with E-state index >= 15 is 0 Å². The molecule has 2 saturated heterocycles. The van der Waals surface area contributed by atoms with Crippen LogP contribution in [0.2, 0.25) is 0 Å². The number of hydrogen-bond acceptors (Lipinski definition) is 7. The maximum Gasteiger partial charge on any atom is 0.226 e. The Bertz CT molecular complexity index is 1130. The normalized spacial score (nSPS) is 22.9. The summed E-state index contributed by atoms with van der Waals surface area (Å²) in [5.74, 6) is -0.578. The largest absolute Gasteiger partial charge is 0.497 e. The molecule has 196 valence electrons. The molecule has 2 aliphatic rings. The molecule has 2 aromatic rings. The summed E-state index contributed by atoms with van der Waals surface area (Å²) in [6.07, 6.45) is 1.38. The van der Waals surface area contributed by atoms with Gasteiger partial charge in [0.25, 0.3) is 0 Å². The first-order valence-corrected chi connectivity index (χ1v) is 12.4. The Labute approximate surface area is 216 Å². The number of ketones is 1. The van der Waals surface area contributed by atoms with Crippen LogP contribution in [0.3, 0.4) is 0 Å². The number of nitrogens with one attached hydrogen (secondary N) is 3. The van der Waals surface area contributed by atoms with Crippen LogP contribution in [0, 0.1) is 5.92 Å². The highest BCUT2D eigenvalue weighted by molar-refractivity contribution is 5.94. The van der Waals surface area contributed by atoms with Gasteiger partial charge in [-0.3, -0.25) is 14.4 Å². The van der Waals surface area contributed by atoms with Crippen molar-refractivity contribution in [3.05, 3.63) is 65.7 Å². The van der Waals surface area contributed by atoms with Crippen LogP contribution in [-0.2, 0) is 36.8 Å². The van der Waals surface area contributed by atoms with Crippen LogP contribution < -0.4 is 20.7 Å². The molecule has 4 unspecified atom stereocenters. The van der Waals surface area contributed by atoms with Crippen molar-refractivity contribution in [1.82, 2.24) is 16.0 Å². The highest BCUT2D eigenvalue weighted by atomic mass is 16.6. The monoisotopic (exact) mass is 507 g/mol. The number of hydrogen-bond donors (Lipinski definition) is 3. The smallest absolute Gasteiger partial charge is 0.226 e. The van der Waals surface area contributed by atoms with Crippen molar-refractivity contribution in [2.75, 3.05) is 26.8 Å². The molecule has 9 nitrogen and oxygen atoms in total. The minimum Gasteiger partial charge on any atom is -0.497 e. The molecular weight excluding hydrogens is 474 g/mol. The van der Waals surface area contributed by atoms with Gasteiger partial charge in [0, 0.05) is 25.9 Å². The number of aldehydes is 1. The number of carbonyl (C=O) groups is 4. The van der Waals surface area contributed by atoms with Gasteiger partial charge in [0.1, 0.15) is 23.2 Å². The fourth-order valence-electron chi connectivity index (χ4n) is 4.54. The van der Waals surface area contributed by atoms with Crippen LogP contribution in [0.5, 0.6) is 5.75 Å². The lowest BCUT2D eigenvalue weighted by atomic mass is 9.89. The molecule has 2 aliphatic heterocycles. The average molecular weight is 508 g/mol. The fraction of sp³-hybridized carbons (Fsp3) is 0.429. The number of amides is 2. The molecular formula is C28H33N3O6. The van der Waals surface area contributed by atoms with Gasteiger partial charge in [-0.2, -0.15) is 0 Å². The molecule has 9 heteroatoms. The van der Waals surface area contributed by atoms with Crippen molar-refractivity contribution in [3.8, 4) is 5.75 Å². The molecule has 37 heavy (non-hydrogen) atoms. The summed E-state index contributed by atoms with van der Waals surface area (Å²) in [5.41, 5.74) is -0.438. The second-order valence-electron chi connectivity index (χ2n) is 10.0. The predicted molar refractivity (Wildman–Crippen MR) is 136 cm³/mol. The third-order valence-corrected chi connectivity index (χ3v) is 6.99. The summed E-state index contributed by atoms with van der Waals surface area (Å²) < 4.78 is 10.6. The number of ether oxygens (including phenoxy) is 2. The van der Waals surface area contributed by atoms with Crippen molar-refractivity contribution in [2.24, 2.45) is 5.92 Å². The van der Waals surface area contributed by atoms with Crippen molar-refractivity contribution < 1.29 is 28.7 Å². The van der Waals surface area contributed by atoms with Gasteiger partial charge in [0.2, 0.25) is 11.8 Å². The molecule has 2 fully saturated rings. The quantitative estimate of drug-likeness (QED) is 0.273. The van der Waals surface area contributed by atoms with Gasteiger partial charge in [-0.15, -0.1) is 0 Å². The van der Waals surface area contributed by atoms with Crippen molar-refractivity contribution in [3.63, 3.8) is 0 Å². The van der Waals surface area contributed by atoms with Gasteiger partial charge in [-0.1, -0.05) is 42.5 Å². The topological polar surface area (TPSA) is 126 Å². The van der Waals surface area contributed by atoms with Gasteiger partial charge < -0.3 is 30.2 Å². The molecule has 2 aromatic carbocycles. The van der Waals surface area contributed by atoms with E-state index in [-0.39, 0.29) is 43.5 Å². The van der Waals surface area contributed by atoms with Crippen LogP contribution in [0.15, 0.2) is 54.6 Å². The van der Waals surface area contributed by atoms with E-state index in [4.69, 9.17) is 9.47 Å². The molecule has 0 bridgehead atoms. The van der Waals surface area contributed by atoms with Crippen molar-refractivity contribution in [2.45, 2.75) is 43.4 Å². The Kier molecular flexibility index (Phi) is 8.04. The van der Waals surface area contributed by atoms with Gasteiger partial charge in [0.05, 0.1) is 25.7 Å². The lowest BCUT2D eigenvalue weighted by molar-refractivity contribution is -0.130. The Morgan fingerprint density at radius 3 is 2.46 bits per heavy atom. The van der Waals surface area contributed by atoms with E-state index in [9.17, 15) is 19.2 Å². The van der Waals surface area contributed by atoms with Crippen LogP contribution in [0.1, 0.15) is 24.5 Å². The van der Waals surface area contributed by atoms with Crippen LogP contribution >= 0.6 is 0 Å². The van der Waals surface area contributed by atoms with E-state index in [1.54, 1.807) is 26.2 Å². The molecule has 3 N–H and O–H groups in total. The number of carbonyl (C=O) groups excluding carboxylic acids is 4. The van der Waals surface area contributed by atoms with E-state index in [2.05, 4.69) is 16.0 Å². The summed E-state index contributed by atoms with van der Waals surface area (Å²) in [5, 5.41) is 8.82. The van der Waals surface area contributed by atoms with E-state index in [0.29, 0.717) is 25.1 Å². The SMILES string of the molecule is COc1ccc(CC(C=O)(CNC(Cc2ccccc2)C(=O)C2(C)CO2)NC(=O)C2CNC(=O)C2)cc1. The van der Waals surface area contributed by atoms with Crippen molar-refractivity contribution in [1.29, 1.82) is 0 Å². The summed E-state index contributed by atoms with van der Waals surface area (Å²) in [4.78, 5) is 50.7. The minimum absolute atomic E-state index is 0.0156. The highest BCUT2D eigenvalue weighted by Crippen LogP contribution is 2.29. The standard InChI is InChI=1S/C28H33N3O6/c1-27(18-37-27)25(34)23(12-19-6-4-3-5-7-19)30-16-28(17-32,14-20-8-10-22(36-2)11-9-20)31-26(35)21-13-24(33)29-15-21/h3-11,17,21,23,30H,12-16,18H2,1-2H3,(H,29,33)(H,31,35). The van der Waals surface area contributed by atoms with Gasteiger partial charge in [-0.25, -0.2) is 0 Å². The Morgan fingerprint density at radius 2 is 1.89 bits per heavy atom. The minimum atomic E-state index is -1.35. The molecule has 2 heterocycles. The van der Waals surface area contributed by atoms with Crippen molar-refractivity contribution >= 4 is 23.9 Å². The Hall–Kier alpha value is -3.56. The summed E-state index contributed by atoms with van der Waals surface area (Å²) in [7, 11) is 1.57. The number of rotatable bonds is 13. The van der Waals surface area contributed by atoms with Crippen LogP contribution in [0.4, 0.5) is 0 Å². The van der Waals surface area contributed by atoms with Crippen LogP contribution in [-0.4, -0.2) is 67.9 Å². The number of methoxy groups -OCH3 is 1. The Balaban J connectivity index is 1.57. The maximum atomic E-state index is 13.3. The second kappa shape index (κ2) is 11.2. The zero-order valence-corrected chi connectivity index (χ0v) is 21.1. The van der Waals surface area contributed by atoms with Crippen LogP contribution in [0.25, 0.3) is 0 Å². The van der Waals surface area contributed by atoms with Gasteiger partial charge >= 0.3 is 0 Å². The average Bonchev–Trinajstić information content (AvgIpc) is 3.52. The molecule has 0 spiro atoms. The molecule has 4 rings (SSSR count). The molecule has 0 aliphatic carbocycles. The highest BCUT2D eigenvalue weighted by Gasteiger charge is 2.50. The number of benzene rings is 2. The first-order valence-electron chi connectivity index (χ1n) is 12.4. The zero-order valence-electron chi connectivity index (χ0n) is 21.1. The van der Waals surface area contributed by atoms with E-state index in [1.165, 1.54) is 0 Å². The first-order chi connectivity index (χ1) is 17.8. The summed E-state index contributed by atoms with van der Waals surface area (Å²) in [6.45, 7) is 2.34. The third kappa shape index (κ3) is 6.61. The van der Waals surface area contributed by atoms with E-state index < -0.39 is 23.1 Å². The zero-order chi connectivity index (χ0) is 26.5. The summed E-state index contributed by atoms with van der Waals surface area (Å²) in [6, 6.07) is 16.2. The summed E-state index contributed by atoms with van der Waals surface area (Å²) >= 11 is 0. The van der Waals surface area contributed by atoms with E-state index in [0.717, 1.165) is 11.1 Å². The van der Waals surface area contributed by atoms with Gasteiger partial charge in [-0.05, 0) is 36.6 Å². The lowest BCUT2D eigenvalue weighted by Gasteiger charge is -2.33. The lowest BCUT2D eigenvalue weighted by Crippen LogP contribution is -2.61. The maximum absolute atomic E-state index is 13.3. The molecule has 0 aromatic heterocycles. The number of Topliss-reactive ketones (excluding diaryl/α,β-unsaturated/α-hetero) is 1. The second-order valence-corrected chi connectivity index (χ2v) is 10.0. The third-order valence-electron chi connectivity index (χ3n) is 6.99. The molecule has 4 atom stereocenters. The Morgan fingerprint density at radius 1 is 1.19 bits per heavy atom. The number of epoxide rings is 1. The first kappa shape index (κ1) is 26.5. The molecule has 2 amide bonds. The molecule has 0 saturated carbocycles. The predicted octanol–water partition coefficient (Wildman–Crippen LogP) is 0.987.